The Morgan fingerprint density at radius 1 is 1.44 bits per heavy atom. The minimum absolute atomic E-state index is 0.188. The van der Waals surface area contributed by atoms with Crippen LogP contribution in [0.5, 0.6) is 0 Å². The lowest BCUT2D eigenvalue weighted by molar-refractivity contribution is 0.0696. The molecule has 0 unspecified atom stereocenters. The minimum Gasteiger partial charge on any atom is -0.478 e. The Labute approximate surface area is 96.3 Å². The highest BCUT2D eigenvalue weighted by Crippen LogP contribution is 2.29. The number of hydrogen-bond donors (Lipinski definition) is 1. The zero-order valence-electron chi connectivity index (χ0n) is 8.51. The maximum atomic E-state index is 10.6. The molecule has 5 heteroatoms. The molecular formula is C11H9NO3S. The number of carbonyl (C=O) groups is 1. The van der Waals surface area contributed by atoms with Gasteiger partial charge >= 0.3 is 5.97 Å². The van der Waals surface area contributed by atoms with Crippen molar-refractivity contribution in [3.05, 3.63) is 42.0 Å². The molecule has 0 bridgehead atoms. The first kappa shape index (κ1) is 10.8. The van der Waals surface area contributed by atoms with Gasteiger partial charge in [-0.25, -0.2) is 9.78 Å². The van der Waals surface area contributed by atoms with Crippen LogP contribution < -0.4 is 0 Å². The van der Waals surface area contributed by atoms with Crippen LogP contribution in [-0.4, -0.2) is 16.1 Å². The molecule has 0 spiro atoms. The Morgan fingerprint density at radius 2 is 2.25 bits per heavy atom. The zero-order chi connectivity index (χ0) is 11.5. The van der Waals surface area contributed by atoms with Crippen LogP contribution in [0.2, 0.25) is 0 Å². The maximum absolute atomic E-state index is 10.6. The average Bonchev–Trinajstić information content (AvgIpc) is 2.65. The van der Waals surface area contributed by atoms with Crippen molar-refractivity contribution in [3.8, 4) is 0 Å². The predicted molar refractivity (Wildman–Crippen MR) is 58.8 cm³/mol. The molecule has 0 aliphatic carbocycles. The Balaban J connectivity index is 2.17. The zero-order valence-corrected chi connectivity index (χ0v) is 9.32. The van der Waals surface area contributed by atoms with Gasteiger partial charge in [0.1, 0.15) is 10.8 Å². The van der Waals surface area contributed by atoms with Crippen molar-refractivity contribution in [3.63, 3.8) is 0 Å². The Hall–Kier alpha value is -1.75. The Kier molecular flexibility index (Phi) is 2.96. The first-order chi connectivity index (χ1) is 7.66. The third-order valence-corrected chi connectivity index (χ3v) is 3.10. The lowest BCUT2D eigenvalue weighted by atomic mass is 10.3. The van der Waals surface area contributed by atoms with Gasteiger partial charge in [0.2, 0.25) is 0 Å². The highest BCUT2D eigenvalue weighted by molar-refractivity contribution is 7.99. The van der Waals surface area contributed by atoms with Crippen molar-refractivity contribution in [2.45, 2.75) is 16.8 Å². The average molecular weight is 235 g/mol. The van der Waals surface area contributed by atoms with Gasteiger partial charge in [-0.2, -0.15) is 0 Å². The summed E-state index contributed by atoms with van der Waals surface area (Å²) >= 11 is 1.44. The quantitative estimate of drug-likeness (QED) is 0.886. The van der Waals surface area contributed by atoms with Gasteiger partial charge < -0.3 is 9.52 Å². The third kappa shape index (κ3) is 2.25. The number of hydrogen-bond acceptors (Lipinski definition) is 4. The number of carboxylic acids is 1. The Bertz CT molecular complexity index is 504. The van der Waals surface area contributed by atoms with Crippen molar-refractivity contribution < 1.29 is 14.3 Å². The molecule has 2 aromatic rings. The van der Waals surface area contributed by atoms with Crippen molar-refractivity contribution in [1.82, 2.24) is 4.98 Å². The summed E-state index contributed by atoms with van der Waals surface area (Å²) in [6.45, 7) is 1.87. The van der Waals surface area contributed by atoms with E-state index in [1.165, 1.54) is 24.0 Å². The smallest absolute Gasteiger partial charge is 0.337 e. The van der Waals surface area contributed by atoms with E-state index in [0.717, 1.165) is 15.7 Å². The van der Waals surface area contributed by atoms with Crippen molar-refractivity contribution in [1.29, 1.82) is 0 Å². The van der Waals surface area contributed by atoms with E-state index in [-0.39, 0.29) is 5.56 Å². The molecule has 16 heavy (non-hydrogen) atoms. The molecule has 4 nitrogen and oxygen atoms in total. The molecule has 2 heterocycles. The molecule has 0 saturated carbocycles. The summed E-state index contributed by atoms with van der Waals surface area (Å²) in [6.07, 6.45) is 2.96. The second-order valence-electron chi connectivity index (χ2n) is 3.13. The van der Waals surface area contributed by atoms with Crippen LogP contribution in [0.3, 0.4) is 0 Å². The van der Waals surface area contributed by atoms with Gasteiger partial charge in [0.25, 0.3) is 0 Å². The molecule has 82 valence electrons. The van der Waals surface area contributed by atoms with Gasteiger partial charge in [-0.1, -0.05) is 11.8 Å². The van der Waals surface area contributed by atoms with Crippen molar-refractivity contribution in [2.75, 3.05) is 0 Å². The molecule has 0 aliphatic heterocycles. The maximum Gasteiger partial charge on any atom is 0.337 e. The fraction of sp³-hybridized carbons (Fsp3) is 0.0909. The van der Waals surface area contributed by atoms with Crippen LogP contribution in [0.1, 0.15) is 16.1 Å². The van der Waals surface area contributed by atoms with Gasteiger partial charge in [-0.05, 0) is 25.1 Å². The van der Waals surface area contributed by atoms with Gasteiger partial charge in [-0.15, -0.1) is 0 Å². The molecule has 2 rings (SSSR count). The fourth-order valence-electron chi connectivity index (χ4n) is 1.16. The van der Waals surface area contributed by atoms with E-state index in [4.69, 9.17) is 9.52 Å². The molecule has 0 amide bonds. The summed E-state index contributed by atoms with van der Waals surface area (Å²) < 4.78 is 5.16. The number of nitrogens with zero attached hydrogens (tertiary/aromatic N) is 1. The summed E-state index contributed by atoms with van der Waals surface area (Å²) in [6, 6.07) is 5.07. The van der Waals surface area contributed by atoms with Gasteiger partial charge in [-0.3, -0.25) is 0 Å². The first-order valence-electron chi connectivity index (χ1n) is 4.58. The summed E-state index contributed by atoms with van der Waals surface area (Å²) in [5.41, 5.74) is 0.188. The number of aryl methyl sites for hydroxylation is 1. The Morgan fingerprint density at radius 3 is 2.75 bits per heavy atom. The second-order valence-corrected chi connectivity index (χ2v) is 4.20. The molecular weight excluding hydrogens is 226 g/mol. The van der Waals surface area contributed by atoms with Crippen molar-refractivity contribution >= 4 is 17.7 Å². The molecule has 0 saturated heterocycles. The summed E-state index contributed by atoms with van der Waals surface area (Å²) in [4.78, 5) is 15.7. The number of carboxylic acid groups (broad SMARTS) is 1. The highest BCUT2D eigenvalue weighted by Gasteiger charge is 2.06. The molecule has 0 radical (unpaired) electrons. The lowest BCUT2D eigenvalue weighted by Crippen LogP contribution is -1.96. The summed E-state index contributed by atoms with van der Waals surface area (Å²) in [5.74, 6) is -0.141. The van der Waals surface area contributed by atoms with Gasteiger partial charge in [0.05, 0.1) is 16.7 Å². The van der Waals surface area contributed by atoms with Crippen LogP contribution in [0.4, 0.5) is 0 Å². The monoisotopic (exact) mass is 235 g/mol. The number of aromatic nitrogens is 1. The second kappa shape index (κ2) is 4.40. The fourth-order valence-corrected chi connectivity index (χ4v) is 1.94. The molecule has 0 atom stereocenters. The van der Waals surface area contributed by atoms with Crippen molar-refractivity contribution in [2.24, 2.45) is 0 Å². The summed E-state index contributed by atoms with van der Waals surface area (Å²) in [7, 11) is 0. The topological polar surface area (TPSA) is 63.3 Å². The molecule has 0 aromatic carbocycles. The van der Waals surface area contributed by atoms with E-state index in [1.807, 2.05) is 13.0 Å². The number of aromatic carboxylic acids is 1. The standard InChI is InChI=1S/C11H9NO3S/c1-7-9(4-5-15-7)16-10-3-2-8(6-12-10)11(13)14/h2-6H,1H3,(H,13,14). The van der Waals surface area contributed by atoms with Crippen LogP contribution in [-0.2, 0) is 0 Å². The number of furan rings is 1. The lowest BCUT2D eigenvalue weighted by Gasteiger charge is -1.99. The molecule has 0 fully saturated rings. The van der Waals surface area contributed by atoms with E-state index < -0.39 is 5.97 Å². The van der Waals surface area contributed by atoms with E-state index >= 15 is 0 Å². The molecule has 2 aromatic heterocycles. The van der Waals surface area contributed by atoms with Crippen LogP contribution in [0.15, 0.2) is 45.0 Å². The predicted octanol–water partition coefficient (Wildman–Crippen LogP) is 2.83. The number of rotatable bonds is 3. The van der Waals surface area contributed by atoms with Gasteiger partial charge in [0, 0.05) is 6.20 Å². The third-order valence-electron chi connectivity index (χ3n) is 2.01. The normalized spacial score (nSPS) is 10.3. The minimum atomic E-state index is -0.969. The SMILES string of the molecule is Cc1occc1Sc1ccc(C(=O)O)cn1. The number of pyridine rings is 1. The molecule has 1 N–H and O–H groups in total. The van der Waals surface area contributed by atoms with E-state index in [2.05, 4.69) is 4.98 Å². The largest absolute Gasteiger partial charge is 0.478 e. The summed E-state index contributed by atoms with van der Waals surface area (Å²) in [5, 5.41) is 9.46. The van der Waals surface area contributed by atoms with Crippen LogP contribution in [0.25, 0.3) is 0 Å². The van der Waals surface area contributed by atoms with E-state index in [0.29, 0.717) is 0 Å². The van der Waals surface area contributed by atoms with Crippen LogP contribution >= 0.6 is 11.8 Å². The van der Waals surface area contributed by atoms with Gasteiger partial charge in [0.15, 0.2) is 0 Å². The van der Waals surface area contributed by atoms with E-state index in [9.17, 15) is 4.79 Å². The highest BCUT2D eigenvalue weighted by atomic mass is 32.2. The first-order valence-corrected chi connectivity index (χ1v) is 5.40. The van der Waals surface area contributed by atoms with Crippen LogP contribution in [0, 0.1) is 6.92 Å². The van der Waals surface area contributed by atoms with E-state index in [1.54, 1.807) is 12.3 Å². The molecule has 0 aliphatic rings.